The molecule has 108 valence electrons. The molecule has 0 aliphatic rings. The standard InChI is InChI=1S/C10H15N3O4S.ClH/c1-8(6-11)7-12-18(16,17)10-4-2-9(3-5-10)13(14)15;/h2-5,8,12H,6-7,11H2,1H3;1H. The normalized spacial score (nSPS) is 12.5. The Kier molecular flexibility index (Phi) is 6.91. The van der Waals surface area contributed by atoms with E-state index in [0.29, 0.717) is 6.54 Å². The molecule has 7 nitrogen and oxygen atoms in total. The number of non-ortho nitro benzene ring substituents is 1. The van der Waals surface area contributed by atoms with Crippen LogP contribution in [0.5, 0.6) is 0 Å². The lowest BCUT2D eigenvalue weighted by molar-refractivity contribution is -0.384. The van der Waals surface area contributed by atoms with Gasteiger partial charge in [0.05, 0.1) is 9.82 Å². The van der Waals surface area contributed by atoms with Crippen LogP contribution >= 0.6 is 12.4 Å². The first-order valence-corrected chi connectivity index (χ1v) is 6.79. The Balaban J connectivity index is 0.00000324. The van der Waals surface area contributed by atoms with Gasteiger partial charge in [0.15, 0.2) is 0 Å². The van der Waals surface area contributed by atoms with Crippen molar-refractivity contribution in [1.29, 1.82) is 0 Å². The first kappa shape index (κ1) is 17.8. The number of hydrogen-bond acceptors (Lipinski definition) is 5. The smallest absolute Gasteiger partial charge is 0.269 e. The molecule has 1 rings (SSSR count). The average Bonchev–Trinajstić information content (AvgIpc) is 2.36. The fourth-order valence-corrected chi connectivity index (χ4v) is 2.33. The third kappa shape index (κ3) is 5.11. The van der Waals surface area contributed by atoms with Gasteiger partial charge in [-0.3, -0.25) is 10.1 Å². The Morgan fingerprint density at radius 2 is 1.89 bits per heavy atom. The van der Waals surface area contributed by atoms with E-state index in [1.807, 2.05) is 6.92 Å². The quantitative estimate of drug-likeness (QED) is 0.598. The van der Waals surface area contributed by atoms with Crippen LogP contribution in [0, 0.1) is 16.0 Å². The summed E-state index contributed by atoms with van der Waals surface area (Å²) in [5.74, 6) is 0.0258. The van der Waals surface area contributed by atoms with Crippen molar-refractivity contribution in [2.75, 3.05) is 13.1 Å². The first-order chi connectivity index (χ1) is 8.36. The molecule has 0 amide bonds. The maximum atomic E-state index is 11.8. The first-order valence-electron chi connectivity index (χ1n) is 5.31. The highest BCUT2D eigenvalue weighted by molar-refractivity contribution is 7.89. The molecule has 0 aliphatic heterocycles. The third-order valence-corrected chi connectivity index (χ3v) is 3.82. The van der Waals surface area contributed by atoms with E-state index in [2.05, 4.69) is 4.72 Å². The molecule has 19 heavy (non-hydrogen) atoms. The van der Waals surface area contributed by atoms with Gasteiger partial charge >= 0.3 is 0 Å². The predicted octanol–water partition coefficient (Wildman–Crippen LogP) is 0.890. The van der Waals surface area contributed by atoms with Gasteiger partial charge in [0, 0.05) is 18.7 Å². The summed E-state index contributed by atoms with van der Waals surface area (Å²) in [6.07, 6.45) is 0. The van der Waals surface area contributed by atoms with Crippen molar-refractivity contribution in [1.82, 2.24) is 4.72 Å². The molecule has 0 aromatic heterocycles. The van der Waals surface area contributed by atoms with Crippen molar-refractivity contribution in [3.8, 4) is 0 Å². The van der Waals surface area contributed by atoms with Gasteiger partial charge in [0.25, 0.3) is 5.69 Å². The lowest BCUT2D eigenvalue weighted by atomic mass is 10.2. The van der Waals surface area contributed by atoms with Crippen molar-refractivity contribution in [2.45, 2.75) is 11.8 Å². The average molecular weight is 310 g/mol. The molecule has 9 heteroatoms. The molecule has 0 spiro atoms. The van der Waals surface area contributed by atoms with Crippen molar-refractivity contribution >= 4 is 28.1 Å². The fourth-order valence-electron chi connectivity index (χ4n) is 1.17. The number of rotatable bonds is 6. The Hall–Kier alpha value is -1.22. The summed E-state index contributed by atoms with van der Waals surface area (Å²) in [7, 11) is -3.64. The van der Waals surface area contributed by atoms with Crippen LogP contribution < -0.4 is 10.5 Å². The third-order valence-electron chi connectivity index (χ3n) is 2.38. The molecule has 1 aromatic rings. The summed E-state index contributed by atoms with van der Waals surface area (Å²) < 4.78 is 26.0. The highest BCUT2D eigenvalue weighted by Gasteiger charge is 2.16. The molecule has 0 heterocycles. The van der Waals surface area contributed by atoms with E-state index < -0.39 is 14.9 Å². The summed E-state index contributed by atoms with van der Waals surface area (Å²) in [6, 6.07) is 4.71. The Morgan fingerprint density at radius 3 is 2.32 bits per heavy atom. The number of hydrogen-bond donors (Lipinski definition) is 2. The number of nitrogens with two attached hydrogens (primary N) is 1. The minimum absolute atomic E-state index is 0. The maximum Gasteiger partial charge on any atom is 0.269 e. The lowest BCUT2D eigenvalue weighted by Gasteiger charge is -2.10. The molecule has 0 radical (unpaired) electrons. The molecule has 0 aliphatic carbocycles. The van der Waals surface area contributed by atoms with Gasteiger partial charge in [-0.2, -0.15) is 0 Å². The molecule has 3 N–H and O–H groups in total. The highest BCUT2D eigenvalue weighted by atomic mass is 35.5. The minimum Gasteiger partial charge on any atom is -0.330 e. The van der Waals surface area contributed by atoms with Gasteiger partial charge in [-0.15, -0.1) is 12.4 Å². The van der Waals surface area contributed by atoms with Gasteiger partial charge in [0.2, 0.25) is 10.0 Å². The zero-order valence-corrected chi connectivity index (χ0v) is 11.9. The lowest BCUT2D eigenvalue weighted by Crippen LogP contribution is -2.31. The van der Waals surface area contributed by atoms with Gasteiger partial charge in [-0.25, -0.2) is 13.1 Å². The van der Waals surface area contributed by atoms with Crippen LogP contribution in [0.25, 0.3) is 0 Å². The molecule has 1 atom stereocenters. The van der Waals surface area contributed by atoms with E-state index in [0.717, 1.165) is 12.1 Å². The van der Waals surface area contributed by atoms with Crippen LogP contribution in [0.4, 0.5) is 5.69 Å². The summed E-state index contributed by atoms with van der Waals surface area (Å²) in [5.41, 5.74) is 5.23. The Labute approximate surface area is 117 Å². The topological polar surface area (TPSA) is 115 Å². The second-order valence-electron chi connectivity index (χ2n) is 3.94. The number of halogens is 1. The van der Waals surface area contributed by atoms with Crippen LogP contribution in [0.1, 0.15) is 6.92 Å². The second-order valence-corrected chi connectivity index (χ2v) is 5.71. The maximum absolute atomic E-state index is 11.8. The van der Waals surface area contributed by atoms with Crippen LogP contribution in [-0.2, 0) is 10.0 Å². The summed E-state index contributed by atoms with van der Waals surface area (Å²) in [4.78, 5) is 9.86. The van der Waals surface area contributed by atoms with Crippen molar-refractivity contribution in [3.05, 3.63) is 34.4 Å². The van der Waals surface area contributed by atoms with Crippen LogP contribution in [-0.4, -0.2) is 26.4 Å². The SMILES string of the molecule is CC(CN)CNS(=O)(=O)c1ccc([N+](=O)[O-])cc1.Cl. The van der Waals surface area contributed by atoms with Crippen LogP contribution in [0.2, 0.25) is 0 Å². The summed E-state index contributed by atoms with van der Waals surface area (Å²) in [5, 5.41) is 10.4. The molecular formula is C10H16ClN3O4S. The monoisotopic (exact) mass is 309 g/mol. The predicted molar refractivity (Wildman–Crippen MR) is 73.8 cm³/mol. The van der Waals surface area contributed by atoms with E-state index in [4.69, 9.17) is 5.73 Å². The molecule has 0 saturated heterocycles. The summed E-state index contributed by atoms with van der Waals surface area (Å²) in [6.45, 7) is 2.43. The molecule has 0 bridgehead atoms. The van der Waals surface area contributed by atoms with Gasteiger partial charge in [-0.1, -0.05) is 6.92 Å². The highest BCUT2D eigenvalue weighted by Crippen LogP contribution is 2.15. The zero-order chi connectivity index (χ0) is 13.8. The van der Waals surface area contributed by atoms with Crippen molar-refractivity contribution < 1.29 is 13.3 Å². The molecule has 1 aromatic carbocycles. The number of nitro benzene ring substituents is 1. The van der Waals surface area contributed by atoms with Crippen molar-refractivity contribution in [2.24, 2.45) is 11.7 Å². The Morgan fingerprint density at radius 1 is 1.37 bits per heavy atom. The summed E-state index contributed by atoms with van der Waals surface area (Å²) >= 11 is 0. The van der Waals surface area contributed by atoms with E-state index in [1.165, 1.54) is 12.1 Å². The van der Waals surface area contributed by atoms with Gasteiger partial charge < -0.3 is 5.73 Å². The number of nitro groups is 1. The molecule has 1 unspecified atom stereocenters. The number of benzene rings is 1. The van der Waals surface area contributed by atoms with Crippen molar-refractivity contribution in [3.63, 3.8) is 0 Å². The fraction of sp³-hybridized carbons (Fsp3) is 0.400. The minimum atomic E-state index is -3.64. The van der Waals surface area contributed by atoms with E-state index in [9.17, 15) is 18.5 Å². The largest absolute Gasteiger partial charge is 0.330 e. The Bertz CT molecular complexity index is 518. The van der Waals surface area contributed by atoms with E-state index in [1.54, 1.807) is 0 Å². The number of nitrogens with one attached hydrogen (secondary N) is 1. The van der Waals surface area contributed by atoms with Crippen LogP contribution in [0.15, 0.2) is 29.2 Å². The van der Waals surface area contributed by atoms with Crippen LogP contribution in [0.3, 0.4) is 0 Å². The zero-order valence-electron chi connectivity index (χ0n) is 10.3. The second kappa shape index (κ2) is 7.39. The molecular weight excluding hydrogens is 294 g/mol. The van der Waals surface area contributed by atoms with E-state index >= 15 is 0 Å². The van der Waals surface area contributed by atoms with Gasteiger partial charge in [0.1, 0.15) is 0 Å². The van der Waals surface area contributed by atoms with Gasteiger partial charge in [-0.05, 0) is 24.6 Å². The number of nitrogens with zero attached hydrogens (tertiary/aromatic N) is 1. The molecule has 0 saturated carbocycles. The number of sulfonamides is 1. The van der Waals surface area contributed by atoms with E-state index in [-0.39, 0.29) is 35.5 Å². The molecule has 0 fully saturated rings.